The van der Waals surface area contributed by atoms with Gasteiger partial charge in [-0.05, 0) is 13.8 Å². The normalized spacial score (nSPS) is 30.8. The van der Waals surface area contributed by atoms with Crippen LogP contribution < -0.4 is 0 Å². The molecular weight excluding hydrogens is 195 g/mol. The van der Waals surface area contributed by atoms with E-state index in [0.29, 0.717) is 19.1 Å². The molecule has 3 nitrogen and oxygen atoms in total. The third-order valence-electron chi connectivity index (χ3n) is 3.27. The van der Waals surface area contributed by atoms with Crippen molar-refractivity contribution < 1.29 is 9.13 Å². The molecule has 0 spiro atoms. The van der Waals surface area contributed by atoms with Crippen molar-refractivity contribution in [3.8, 4) is 0 Å². The highest BCUT2D eigenvalue weighted by Gasteiger charge is 2.30. The molecule has 2 saturated heterocycles. The van der Waals surface area contributed by atoms with Gasteiger partial charge in [0.05, 0.1) is 12.7 Å². The van der Waals surface area contributed by atoms with Crippen molar-refractivity contribution in [2.75, 3.05) is 39.3 Å². The third-order valence-corrected chi connectivity index (χ3v) is 3.27. The Bertz CT molecular complexity index is 207. The first-order valence-electron chi connectivity index (χ1n) is 5.87. The number of morpholine rings is 1. The van der Waals surface area contributed by atoms with Crippen LogP contribution >= 0.6 is 0 Å². The van der Waals surface area contributed by atoms with Crippen molar-refractivity contribution >= 4 is 0 Å². The lowest BCUT2D eigenvalue weighted by Crippen LogP contribution is -2.55. The largest absolute Gasteiger partial charge is 0.374 e. The van der Waals surface area contributed by atoms with Crippen molar-refractivity contribution in [2.45, 2.75) is 32.2 Å². The summed E-state index contributed by atoms with van der Waals surface area (Å²) in [6, 6.07) is 0.585. The molecule has 0 aliphatic carbocycles. The zero-order chi connectivity index (χ0) is 10.8. The molecule has 0 radical (unpaired) electrons. The second-order valence-electron chi connectivity index (χ2n) is 4.90. The molecule has 2 rings (SSSR count). The van der Waals surface area contributed by atoms with E-state index in [1.165, 1.54) is 0 Å². The zero-order valence-corrected chi connectivity index (χ0v) is 9.66. The summed E-state index contributed by atoms with van der Waals surface area (Å²) >= 11 is 0. The molecular formula is C11H21FN2O. The molecule has 15 heavy (non-hydrogen) atoms. The minimum absolute atomic E-state index is 0.272. The molecule has 0 aromatic rings. The highest BCUT2D eigenvalue weighted by molar-refractivity contribution is 4.84. The summed E-state index contributed by atoms with van der Waals surface area (Å²) in [4.78, 5) is 4.57. The molecule has 4 heteroatoms. The first-order chi connectivity index (χ1) is 7.15. The Morgan fingerprint density at radius 3 is 2.67 bits per heavy atom. The average molecular weight is 216 g/mol. The maximum atomic E-state index is 12.6. The van der Waals surface area contributed by atoms with Gasteiger partial charge >= 0.3 is 0 Å². The van der Waals surface area contributed by atoms with Crippen LogP contribution in [0, 0.1) is 0 Å². The van der Waals surface area contributed by atoms with E-state index < -0.39 is 6.17 Å². The lowest BCUT2D eigenvalue weighted by molar-refractivity contribution is -0.0686. The molecule has 0 amide bonds. The molecule has 0 aromatic carbocycles. The van der Waals surface area contributed by atoms with Gasteiger partial charge in [0.15, 0.2) is 0 Å². The van der Waals surface area contributed by atoms with Crippen LogP contribution in [0.25, 0.3) is 0 Å². The van der Waals surface area contributed by atoms with E-state index in [0.717, 1.165) is 26.2 Å². The van der Waals surface area contributed by atoms with E-state index in [1.54, 1.807) is 0 Å². The van der Waals surface area contributed by atoms with E-state index in [1.807, 2.05) is 0 Å². The standard InChI is InChI=1S/C11H21FN2O/c1-9(2)14-3-4-15-11(8-14)7-13-5-10(12)6-13/h9-11H,3-8H2,1-2H3/t11-/m0/s1. The van der Waals surface area contributed by atoms with Gasteiger partial charge in [-0.1, -0.05) is 0 Å². The van der Waals surface area contributed by atoms with Crippen molar-refractivity contribution in [1.82, 2.24) is 9.80 Å². The molecule has 0 unspecified atom stereocenters. The van der Waals surface area contributed by atoms with Gasteiger partial charge in [0.25, 0.3) is 0 Å². The molecule has 0 aromatic heterocycles. The van der Waals surface area contributed by atoms with Crippen molar-refractivity contribution in [3.05, 3.63) is 0 Å². The Morgan fingerprint density at radius 2 is 2.07 bits per heavy atom. The maximum absolute atomic E-state index is 12.6. The Morgan fingerprint density at radius 1 is 1.33 bits per heavy atom. The summed E-state index contributed by atoms with van der Waals surface area (Å²) in [5, 5.41) is 0. The Balaban J connectivity index is 1.73. The van der Waals surface area contributed by atoms with E-state index in [4.69, 9.17) is 4.74 Å². The van der Waals surface area contributed by atoms with Gasteiger partial charge in [0, 0.05) is 38.8 Å². The highest BCUT2D eigenvalue weighted by atomic mass is 19.1. The highest BCUT2D eigenvalue weighted by Crippen LogP contribution is 2.15. The lowest BCUT2D eigenvalue weighted by atomic mass is 10.1. The molecule has 2 fully saturated rings. The van der Waals surface area contributed by atoms with Gasteiger partial charge in [-0.3, -0.25) is 9.80 Å². The number of alkyl halides is 1. The van der Waals surface area contributed by atoms with Crippen LogP contribution in [0.5, 0.6) is 0 Å². The predicted octanol–water partition coefficient (Wildman–Crippen LogP) is 0.749. The van der Waals surface area contributed by atoms with E-state index in [9.17, 15) is 4.39 Å². The van der Waals surface area contributed by atoms with Crippen LogP contribution in [0.4, 0.5) is 4.39 Å². The molecule has 2 aliphatic heterocycles. The molecule has 0 bridgehead atoms. The number of hydrogen-bond donors (Lipinski definition) is 0. The summed E-state index contributed by atoms with van der Waals surface area (Å²) in [6.45, 7) is 9.35. The first kappa shape index (κ1) is 11.3. The van der Waals surface area contributed by atoms with Gasteiger partial charge in [-0.2, -0.15) is 0 Å². The lowest BCUT2D eigenvalue weighted by Gasteiger charge is -2.41. The van der Waals surface area contributed by atoms with Gasteiger partial charge in [-0.25, -0.2) is 4.39 Å². The van der Waals surface area contributed by atoms with E-state index >= 15 is 0 Å². The monoisotopic (exact) mass is 216 g/mol. The first-order valence-corrected chi connectivity index (χ1v) is 5.87. The molecule has 1 atom stereocenters. The summed E-state index contributed by atoms with van der Waals surface area (Å²) < 4.78 is 18.3. The Labute approximate surface area is 91.2 Å². The smallest absolute Gasteiger partial charge is 0.125 e. The van der Waals surface area contributed by atoms with Crippen molar-refractivity contribution in [2.24, 2.45) is 0 Å². The SMILES string of the molecule is CC(C)N1CCO[C@@H](CN2CC(F)C2)C1. The summed E-state index contributed by atoms with van der Waals surface area (Å²) in [6.07, 6.45) is -0.330. The summed E-state index contributed by atoms with van der Waals surface area (Å²) in [5.41, 5.74) is 0. The quantitative estimate of drug-likeness (QED) is 0.692. The molecule has 2 aliphatic rings. The molecule has 0 N–H and O–H groups in total. The number of halogens is 1. The van der Waals surface area contributed by atoms with Crippen LogP contribution in [-0.2, 0) is 4.74 Å². The fraction of sp³-hybridized carbons (Fsp3) is 1.00. The topological polar surface area (TPSA) is 15.7 Å². The van der Waals surface area contributed by atoms with Crippen LogP contribution in [-0.4, -0.2) is 67.4 Å². The number of hydrogen-bond acceptors (Lipinski definition) is 3. The van der Waals surface area contributed by atoms with E-state index in [-0.39, 0.29) is 6.10 Å². The second-order valence-corrected chi connectivity index (χ2v) is 4.90. The summed E-state index contributed by atoms with van der Waals surface area (Å²) in [5.74, 6) is 0. The molecule has 88 valence electrons. The Kier molecular flexibility index (Phi) is 3.59. The minimum Gasteiger partial charge on any atom is -0.374 e. The van der Waals surface area contributed by atoms with Crippen molar-refractivity contribution in [3.63, 3.8) is 0 Å². The van der Waals surface area contributed by atoms with Crippen LogP contribution in [0.1, 0.15) is 13.8 Å². The van der Waals surface area contributed by atoms with Crippen LogP contribution in [0.15, 0.2) is 0 Å². The number of ether oxygens (including phenoxy) is 1. The third kappa shape index (κ3) is 2.89. The molecule has 0 saturated carbocycles. The van der Waals surface area contributed by atoms with Gasteiger partial charge in [0.1, 0.15) is 6.17 Å². The Hall–Kier alpha value is -0.190. The zero-order valence-electron chi connectivity index (χ0n) is 9.66. The predicted molar refractivity (Wildman–Crippen MR) is 57.8 cm³/mol. The summed E-state index contributed by atoms with van der Waals surface area (Å²) in [7, 11) is 0. The molecule has 2 heterocycles. The van der Waals surface area contributed by atoms with Crippen molar-refractivity contribution in [1.29, 1.82) is 0 Å². The minimum atomic E-state index is -0.602. The maximum Gasteiger partial charge on any atom is 0.125 e. The fourth-order valence-electron chi connectivity index (χ4n) is 2.27. The van der Waals surface area contributed by atoms with Gasteiger partial charge in [0.2, 0.25) is 0 Å². The number of likely N-dealkylation sites (tertiary alicyclic amines) is 1. The average Bonchev–Trinajstić information content (AvgIpc) is 2.16. The van der Waals surface area contributed by atoms with Gasteiger partial charge < -0.3 is 4.74 Å². The van der Waals surface area contributed by atoms with Crippen LogP contribution in [0.3, 0.4) is 0 Å². The fourth-order valence-corrected chi connectivity index (χ4v) is 2.27. The second kappa shape index (κ2) is 4.76. The number of nitrogens with zero attached hydrogens (tertiary/aromatic N) is 2. The van der Waals surface area contributed by atoms with Gasteiger partial charge in [-0.15, -0.1) is 0 Å². The van der Waals surface area contributed by atoms with E-state index in [2.05, 4.69) is 23.6 Å². The van der Waals surface area contributed by atoms with Crippen LogP contribution in [0.2, 0.25) is 0 Å². The number of rotatable bonds is 3.